The minimum atomic E-state index is -0.142. The van der Waals surface area contributed by atoms with E-state index in [0.29, 0.717) is 5.02 Å². The summed E-state index contributed by atoms with van der Waals surface area (Å²) in [6, 6.07) is 20.5. The molecular weight excluding hydrogens is 367 g/mol. The Morgan fingerprint density at radius 2 is 1.71 bits per heavy atom. The van der Waals surface area contributed by atoms with Gasteiger partial charge < -0.3 is 0 Å². The standard InChI is InChI=1S/C18H13BrCl2/c19-14-8-9-16(18(21)11-14)17(20)10-13-6-3-5-12-4-1-2-7-15(12)13/h1-9,11,17H,10H2. The van der Waals surface area contributed by atoms with Crippen molar-refractivity contribution in [3.05, 3.63) is 81.3 Å². The maximum absolute atomic E-state index is 6.60. The summed E-state index contributed by atoms with van der Waals surface area (Å²) < 4.78 is 0.963. The third-order valence-electron chi connectivity index (χ3n) is 3.58. The van der Waals surface area contributed by atoms with Crippen molar-refractivity contribution in [2.24, 2.45) is 0 Å². The molecule has 0 saturated heterocycles. The molecule has 0 fully saturated rings. The van der Waals surface area contributed by atoms with Crippen LogP contribution in [0.1, 0.15) is 16.5 Å². The second-order valence-electron chi connectivity index (χ2n) is 4.98. The molecule has 3 aromatic rings. The van der Waals surface area contributed by atoms with E-state index in [0.717, 1.165) is 16.5 Å². The highest BCUT2D eigenvalue weighted by Crippen LogP contribution is 2.34. The first kappa shape index (κ1) is 14.9. The minimum Gasteiger partial charge on any atom is -0.117 e. The second-order valence-corrected chi connectivity index (χ2v) is 6.83. The van der Waals surface area contributed by atoms with E-state index in [1.807, 2.05) is 18.2 Å². The van der Waals surface area contributed by atoms with Crippen molar-refractivity contribution in [1.29, 1.82) is 0 Å². The Kier molecular flexibility index (Phi) is 4.54. The van der Waals surface area contributed by atoms with Crippen LogP contribution >= 0.6 is 39.1 Å². The molecule has 1 unspecified atom stereocenters. The Bertz CT molecular complexity index is 778. The quantitative estimate of drug-likeness (QED) is 0.440. The van der Waals surface area contributed by atoms with Gasteiger partial charge in [0.2, 0.25) is 0 Å². The molecule has 0 aliphatic heterocycles. The zero-order valence-electron chi connectivity index (χ0n) is 11.2. The van der Waals surface area contributed by atoms with Gasteiger partial charge in [0.1, 0.15) is 0 Å². The lowest BCUT2D eigenvalue weighted by Gasteiger charge is -2.14. The molecule has 0 amide bonds. The molecule has 106 valence electrons. The van der Waals surface area contributed by atoms with Crippen LogP contribution < -0.4 is 0 Å². The van der Waals surface area contributed by atoms with Gasteiger partial charge in [0.25, 0.3) is 0 Å². The smallest absolute Gasteiger partial charge is 0.0640 e. The first-order valence-electron chi connectivity index (χ1n) is 6.71. The highest BCUT2D eigenvalue weighted by molar-refractivity contribution is 9.10. The van der Waals surface area contributed by atoms with Crippen molar-refractivity contribution >= 4 is 49.9 Å². The molecule has 21 heavy (non-hydrogen) atoms. The third kappa shape index (κ3) is 3.26. The summed E-state index contributed by atoms with van der Waals surface area (Å²) in [7, 11) is 0. The molecule has 3 aromatic carbocycles. The van der Waals surface area contributed by atoms with E-state index >= 15 is 0 Å². The van der Waals surface area contributed by atoms with Gasteiger partial charge in [-0.2, -0.15) is 0 Å². The highest BCUT2D eigenvalue weighted by atomic mass is 79.9. The second kappa shape index (κ2) is 6.39. The third-order valence-corrected chi connectivity index (χ3v) is 4.79. The maximum Gasteiger partial charge on any atom is 0.0640 e. The van der Waals surface area contributed by atoms with Crippen molar-refractivity contribution in [2.75, 3.05) is 0 Å². The molecule has 3 heteroatoms. The molecular formula is C18H13BrCl2. The number of halogens is 3. The van der Waals surface area contributed by atoms with Gasteiger partial charge in [-0.05, 0) is 40.5 Å². The summed E-state index contributed by atoms with van der Waals surface area (Å²) >= 11 is 16.3. The average Bonchev–Trinajstić information content (AvgIpc) is 2.47. The fourth-order valence-electron chi connectivity index (χ4n) is 2.53. The summed E-state index contributed by atoms with van der Waals surface area (Å²) in [6.45, 7) is 0. The molecule has 0 radical (unpaired) electrons. The van der Waals surface area contributed by atoms with Gasteiger partial charge in [0.15, 0.2) is 0 Å². The van der Waals surface area contributed by atoms with Crippen molar-refractivity contribution in [3.8, 4) is 0 Å². The van der Waals surface area contributed by atoms with Crippen LogP contribution in [0.2, 0.25) is 5.02 Å². The van der Waals surface area contributed by atoms with E-state index in [1.54, 1.807) is 0 Å². The van der Waals surface area contributed by atoms with E-state index in [-0.39, 0.29) is 5.38 Å². The Labute approximate surface area is 142 Å². The number of alkyl halides is 1. The average molecular weight is 380 g/mol. The minimum absolute atomic E-state index is 0.142. The summed E-state index contributed by atoms with van der Waals surface area (Å²) in [5.41, 5.74) is 2.21. The lowest BCUT2D eigenvalue weighted by Crippen LogP contribution is -1.98. The van der Waals surface area contributed by atoms with Gasteiger partial charge >= 0.3 is 0 Å². The van der Waals surface area contributed by atoms with Crippen LogP contribution in [-0.4, -0.2) is 0 Å². The molecule has 0 aliphatic carbocycles. The Hall–Kier alpha value is -1.02. The first-order valence-corrected chi connectivity index (χ1v) is 8.31. The molecule has 1 atom stereocenters. The van der Waals surface area contributed by atoms with E-state index in [1.165, 1.54) is 16.3 Å². The first-order chi connectivity index (χ1) is 10.1. The topological polar surface area (TPSA) is 0 Å². The number of benzene rings is 3. The number of hydrogen-bond acceptors (Lipinski definition) is 0. The van der Waals surface area contributed by atoms with Crippen LogP contribution in [0.3, 0.4) is 0 Å². The van der Waals surface area contributed by atoms with Gasteiger partial charge in [-0.1, -0.05) is 76.1 Å². The van der Waals surface area contributed by atoms with Crippen molar-refractivity contribution in [2.45, 2.75) is 11.8 Å². The lowest BCUT2D eigenvalue weighted by molar-refractivity contribution is 0.927. The van der Waals surface area contributed by atoms with Crippen LogP contribution in [0.4, 0.5) is 0 Å². The Morgan fingerprint density at radius 1 is 0.952 bits per heavy atom. The fraction of sp³-hybridized carbons (Fsp3) is 0.111. The van der Waals surface area contributed by atoms with E-state index in [9.17, 15) is 0 Å². The molecule has 0 bridgehead atoms. The van der Waals surface area contributed by atoms with Gasteiger partial charge in [0.05, 0.1) is 5.38 Å². The summed E-state index contributed by atoms with van der Waals surface area (Å²) in [5, 5.41) is 3.04. The molecule has 0 aromatic heterocycles. The van der Waals surface area contributed by atoms with E-state index < -0.39 is 0 Å². The molecule has 0 nitrogen and oxygen atoms in total. The summed E-state index contributed by atoms with van der Waals surface area (Å²) in [5.74, 6) is 0. The molecule has 0 N–H and O–H groups in total. The van der Waals surface area contributed by atoms with E-state index in [4.69, 9.17) is 23.2 Å². The summed E-state index contributed by atoms with van der Waals surface area (Å²) in [6.07, 6.45) is 0.754. The fourth-order valence-corrected chi connectivity index (χ4v) is 3.75. The molecule has 3 rings (SSSR count). The number of fused-ring (bicyclic) bond motifs is 1. The van der Waals surface area contributed by atoms with Gasteiger partial charge in [-0.25, -0.2) is 0 Å². The highest BCUT2D eigenvalue weighted by Gasteiger charge is 2.14. The van der Waals surface area contributed by atoms with Crippen molar-refractivity contribution in [1.82, 2.24) is 0 Å². The van der Waals surface area contributed by atoms with Gasteiger partial charge in [-0.3, -0.25) is 0 Å². The van der Waals surface area contributed by atoms with Gasteiger partial charge in [-0.15, -0.1) is 11.6 Å². The molecule has 0 aliphatic rings. The number of hydrogen-bond donors (Lipinski definition) is 0. The number of rotatable bonds is 3. The zero-order chi connectivity index (χ0) is 14.8. The van der Waals surface area contributed by atoms with Crippen LogP contribution in [0, 0.1) is 0 Å². The SMILES string of the molecule is Clc1cc(Br)ccc1C(Cl)Cc1cccc2ccccc12. The van der Waals surface area contributed by atoms with Crippen molar-refractivity contribution < 1.29 is 0 Å². The predicted octanol–water partition coefficient (Wildman–Crippen LogP) is 6.78. The molecule has 0 heterocycles. The van der Waals surface area contributed by atoms with E-state index in [2.05, 4.69) is 58.4 Å². The predicted molar refractivity (Wildman–Crippen MR) is 95.4 cm³/mol. The Morgan fingerprint density at radius 3 is 2.52 bits per heavy atom. The van der Waals surface area contributed by atoms with Crippen LogP contribution in [0.25, 0.3) is 10.8 Å². The van der Waals surface area contributed by atoms with Gasteiger partial charge in [0, 0.05) is 9.50 Å². The van der Waals surface area contributed by atoms with Crippen LogP contribution in [0.15, 0.2) is 65.1 Å². The normalized spacial score (nSPS) is 12.5. The Balaban J connectivity index is 1.94. The molecule has 0 spiro atoms. The maximum atomic E-state index is 6.60. The van der Waals surface area contributed by atoms with Crippen LogP contribution in [0.5, 0.6) is 0 Å². The lowest BCUT2D eigenvalue weighted by atomic mass is 9.98. The van der Waals surface area contributed by atoms with Crippen LogP contribution in [-0.2, 0) is 6.42 Å². The van der Waals surface area contributed by atoms with Crippen molar-refractivity contribution in [3.63, 3.8) is 0 Å². The monoisotopic (exact) mass is 378 g/mol. The summed E-state index contributed by atoms with van der Waals surface area (Å²) in [4.78, 5) is 0. The largest absolute Gasteiger partial charge is 0.117 e. The zero-order valence-corrected chi connectivity index (χ0v) is 14.3. The molecule has 0 saturated carbocycles.